The molecule has 1 aromatic carbocycles. The van der Waals surface area contributed by atoms with Crippen LogP contribution in [0.5, 0.6) is 0 Å². The van der Waals surface area contributed by atoms with Crippen molar-refractivity contribution in [3.8, 4) is 0 Å². The van der Waals surface area contributed by atoms with Gasteiger partial charge in [0, 0.05) is 31.6 Å². The fourth-order valence-electron chi connectivity index (χ4n) is 3.34. The summed E-state index contributed by atoms with van der Waals surface area (Å²) < 4.78 is 65.9. The Kier molecular flexibility index (Phi) is 6.42. The molecule has 10 heteroatoms. The van der Waals surface area contributed by atoms with E-state index < -0.39 is 33.4 Å². The van der Waals surface area contributed by atoms with Crippen molar-refractivity contribution in [2.24, 2.45) is 5.92 Å². The van der Waals surface area contributed by atoms with E-state index in [1.165, 1.54) is 4.31 Å². The first-order chi connectivity index (χ1) is 12.9. The van der Waals surface area contributed by atoms with Crippen LogP contribution < -0.4 is 0 Å². The van der Waals surface area contributed by atoms with Crippen molar-refractivity contribution in [3.63, 3.8) is 0 Å². The number of nitrogens with zero attached hydrogens (tertiary/aromatic N) is 2. The number of hydrogen-bond acceptors (Lipinski definition) is 4. The van der Waals surface area contributed by atoms with Gasteiger partial charge in [0.1, 0.15) is 0 Å². The smallest absolute Gasteiger partial charge is 0.376 e. The maximum atomic E-state index is 13.0. The molecule has 1 saturated heterocycles. The highest BCUT2D eigenvalue weighted by Gasteiger charge is 2.51. The highest BCUT2D eigenvalue weighted by molar-refractivity contribution is 7.89. The molecule has 164 valence electrons. The molecule has 1 N–H and O–H groups in total. The minimum absolute atomic E-state index is 0. The molecule has 1 aliphatic carbocycles. The molecule has 1 aromatic rings. The lowest BCUT2D eigenvalue weighted by Gasteiger charge is -2.39. The number of amides is 1. The van der Waals surface area contributed by atoms with Gasteiger partial charge in [-0.15, -0.1) is 0 Å². The summed E-state index contributed by atoms with van der Waals surface area (Å²) in [5.74, 6) is 0.118. The molecule has 1 unspecified atom stereocenters. The summed E-state index contributed by atoms with van der Waals surface area (Å²) in [6.07, 6.45) is -3.13. The van der Waals surface area contributed by atoms with Crippen LogP contribution in [0.3, 0.4) is 0 Å². The Morgan fingerprint density at radius 3 is 2.14 bits per heavy atom. The van der Waals surface area contributed by atoms with Crippen LogP contribution in [0.4, 0.5) is 13.2 Å². The first-order valence-electron chi connectivity index (χ1n) is 9.06. The molecule has 2 fully saturated rings. The van der Waals surface area contributed by atoms with Crippen LogP contribution in [0.2, 0.25) is 0 Å². The van der Waals surface area contributed by atoms with Gasteiger partial charge < -0.3 is 10.0 Å². The van der Waals surface area contributed by atoms with E-state index >= 15 is 0 Å². The standard InChI is InChI=1S/C18H23F3N2O4S.CH4/c1-12-11-22(16(24)13-3-4-13)9-10-23(12)28(26,27)15-7-5-14(6-8-15)17(2,25)18(19,20)21;/h5-8,12-13,25H,3-4,9-11H2,1-2H3;1H4/t12-,17?;/m0./s1. The Morgan fingerprint density at radius 1 is 1.14 bits per heavy atom. The van der Waals surface area contributed by atoms with Crippen molar-refractivity contribution < 1.29 is 31.5 Å². The third kappa shape index (κ3) is 4.44. The number of piperazine rings is 1. The van der Waals surface area contributed by atoms with Crippen LogP contribution in [0, 0.1) is 5.92 Å². The van der Waals surface area contributed by atoms with E-state index in [9.17, 15) is 31.5 Å². The largest absolute Gasteiger partial charge is 0.421 e. The van der Waals surface area contributed by atoms with E-state index in [-0.39, 0.29) is 37.2 Å². The summed E-state index contributed by atoms with van der Waals surface area (Å²) in [6, 6.07) is 3.63. The highest BCUT2D eigenvalue weighted by atomic mass is 32.2. The summed E-state index contributed by atoms with van der Waals surface area (Å²) in [5, 5.41) is 9.72. The first-order valence-corrected chi connectivity index (χ1v) is 10.5. The number of alkyl halides is 3. The minimum Gasteiger partial charge on any atom is -0.376 e. The van der Waals surface area contributed by atoms with E-state index in [0.717, 1.165) is 37.1 Å². The zero-order valence-corrected chi connectivity index (χ0v) is 16.4. The van der Waals surface area contributed by atoms with E-state index in [1.807, 2.05) is 0 Å². The lowest BCUT2D eigenvalue weighted by Crippen LogP contribution is -2.55. The number of carbonyl (C=O) groups is 1. The van der Waals surface area contributed by atoms with Gasteiger partial charge in [-0.3, -0.25) is 4.79 Å². The van der Waals surface area contributed by atoms with Gasteiger partial charge in [0.15, 0.2) is 5.60 Å². The van der Waals surface area contributed by atoms with Crippen molar-refractivity contribution >= 4 is 15.9 Å². The number of sulfonamides is 1. The first kappa shape index (κ1) is 23.6. The Balaban J connectivity index is 0.00000300. The van der Waals surface area contributed by atoms with Gasteiger partial charge in [0.05, 0.1) is 4.90 Å². The summed E-state index contributed by atoms with van der Waals surface area (Å²) >= 11 is 0. The van der Waals surface area contributed by atoms with E-state index in [2.05, 4.69) is 0 Å². The summed E-state index contributed by atoms with van der Waals surface area (Å²) in [7, 11) is -3.93. The number of benzene rings is 1. The van der Waals surface area contributed by atoms with Crippen molar-refractivity contribution in [1.29, 1.82) is 0 Å². The lowest BCUT2D eigenvalue weighted by atomic mass is 9.96. The van der Waals surface area contributed by atoms with Crippen molar-refractivity contribution in [1.82, 2.24) is 9.21 Å². The Hall–Kier alpha value is -1.65. The average Bonchev–Trinajstić information content (AvgIpc) is 3.45. The summed E-state index contributed by atoms with van der Waals surface area (Å²) in [4.78, 5) is 13.7. The average molecular weight is 436 g/mol. The second-order valence-corrected chi connectivity index (χ2v) is 9.51. The molecular weight excluding hydrogens is 409 g/mol. The van der Waals surface area contributed by atoms with Gasteiger partial charge in [-0.2, -0.15) is 17.5 Å². The highest BCUT2D eigenvalue weighted by Crippen LogP contribution is 2.39. The molecule has 2 aliphatic rings. The van der Waals surface area contributed by atoms with Gasteiger partial charge in [-0.05, 0) is 44.4 Å². The maximum Gasteiger partial charge on any atom is 0.421 e. The third-order valence-corrected chi connectivity index (χ3v) is 7.41. The Labute approximate surface area is 169 Å². The molecule has 29 heavy (non-hydrogen) atoms. The predicted molar refractivity (Wildman–Crippen MR) is 101 cm³/mol. The monoisotopic (exact) mass is 436 g/mol. The molecule has 1 aliphatic heterocycles. The van der Waals surface area contributed by atoms with Crippen molar-refractivity contribution in [2.75, 3.05) is 19.6 Å². The zero-order chi connectivity index (χ0) is 20.9. The molecular formula is C19H27F3N2O4S. The third-order valence-electron chi connectivity index (χ3n) is 5.38. The van der Waals surface area contributed by atoms with Gasteiger partial charge in [-0.25, -0.2) is 8.42 Å². The van der Waals surface area contributed by atoms with Crippen LogP contribution in [-0.4, -0.2) is 60.5 Å². The Bertz CT molecular complexity index is 849. The molecule has 0 aromatic heterocycles. The minimum atomic E-state index is -4.88. The van der Waals surface area contributed by atoms with Crippen LogP contribution in [0.15, 0.2) is 29.2 Å². The van der Waals surface area contributed by atoms with Gasteiger partial charge in [0.2, 0.25) is 15.9 Å². The zero-order valence-electron chi connectivity index (χ0n) is 15.6. The maximum absolute atomic E-state index is 13.0. The van der Waals surface area contributed by atoms with E-state index in [1.54, 1.807) is 11.8 Å². The molecule has 0 radical (unpaired) electrons. The predicted octanol–water partition coefficient (Wildman–Crippen LogP) is 2.72. The molecule has 2 atom stereocenters. The summed E-state index contributed by atoms with van der Waals surface area (Å²) in [6.45, 7) is 3.03. The second kappa shape index (κ2) is 7.88. The number of aliphatic hydroxyl groups is 1. The van der Waals surface area contributed by atoms with Crippen molar-refractivity contribution in [3.05, 3.63) is 29.8 Å². The van der Waals surface area contributed by atoms with E-state index in [0.29, 0.717) is 13.5 Å². The molecule has 1 heterocycles. The molecule has 6 nitrogen and oxygen atoms in total. The van der Waals surface area contributed by atoms with Crippen LogP contribution >= 0.6 is 0 Å². The number of hydrogen-bond donors (Lipinski definition) is 1. The van der Waals surface area contributed by atoms with Crippen LogP contribution in [0.25, 0.3) is 0 Å². The molecule has 1 amide bonds. The fraction of sp³-hybridized carbons (Fsp3) is 0.632. The van der Waals surface area contributed by atoms with Crippen molar-refractivity contribution in [2.45, 2.75) is 56.8 Å². The van der Waals surface area contributed by atoms with Crippen LogP contribution in [0.1, 0.15) is 39.7 Å². The second-order valence-electron chi connectivity index (χ2n) is 7.62. The number of halogens is 3. The van der Waals surface area contributed by atoms with Gasteiger partial charge in [-0.1, -0.05) is 19.6 Å². The molecule has 0 bridgehead atoms. The van der Waals surface area contributed by atoms with Gasteiger partial charge in [0.25, 0.3) is 0 Å². The fourth-order valence-corrected chi connectivity index (χ4v) is 4.95. The normalized spacial score (nSPS) is 23.2. The lowest BCUT2D eigenvalue weighted by molar-refractivity contribution is -0.258. The SMILES string of the molecule is C.C[C@H]1CN(C(=O)C2CC2)CCN1S(=O)(=O)c1ccc(C(C)(O)C(F)(F)F)cc1. The van der Waals surface area contributed by atoms with Gasteiger partial charge >= 0.3 is 6.18 Å². The molecule has 1 saturated carbocycles. The van der Waals surface area contributed by atoms with Crippen LogP contribution in [-0.2, 0) is 20.4 Å². The number of carbonyl (C=O) groups excluding carboxylic acids is 1. The molecule has 0 spiro atoms. The number of rotatable bonds is 4. The quantitative estimate of drug-likeness (QED) is 0.787. The topological polar surface area (TPSA) is 77.9 Å². The Morgan fingerprint density at radius 2 is 1.69 bits per heavy atom. The molecule has 3 rings (SSSR count). The van der Waals surface area contributed by atoms with E-state index in [4.69, 9.17) is 0 Å². The summed E-state index contributed by atoms with van der Waals surface area (Å²) in [5.41, 5.74) is -3.51.